The summed E-state index contributed by atoms with van der Waals surface area (Å²) in [5.41, 5.74) is 0. The summed E-state index contributed by atoms with van der Waals surface area (Å²) in [6.07, 6.45) is 5.49. The van der Waals surface area contributed by atoms with E-state index in [1.165, 1.54) is 38.8 Å². The fourth-order valence-electron chi connectivity index (χ4n) is 2.67. The highest BCUT2D eigenvalue weighted by Gasteiger charge is 2.28. The van der Waals surface area contributed by atoms with Crippen molar-refractivity contribution in [2.45, 2.75) is 59.4 Å². The molecule has 1 fully saturated rings. The maximum Gasteiger partial charge on any atom is 0.00926 e. The molecule has 0 aliphatic carbocycles. The number of hydrogen-bond donors (Lipinski definition) is 0. The molecule has 0 aromatic rings. The second-order valence-corrected chi connectivity index (χ2v) is 5.14. The molecule has 1 aliphatic rings. The monoisotopic (exact) mass is 197 g/mol. The quantitative estimate of drug-likeness (QED) is 0.651. The summed E-state index contributed by atoms with van der Waals surface area (Å²) in [7, 11) is 0. The van der Waals surface area contributed by atoms with E-state index in [0.717, 1.165) is 17.9 Å². The van der Waals surface area contributed by atoms with Gasteiger partial charge in [0.25, 0.3) is 0 Å². The minimum Gasteiger partial charge on any atom is -0.300 e. The lowest BCUT2D eigenvalue weighted by molar-refractivity contribution is 0.208. The van der Waals surface area contributed by atoms with E-state index in [2.05, 4.69) is 32.6 Å². The maximum absolute atomic E-state index is 2.73. The van der Waals surface area contributed by atoms with Crippen LogP contribution in [0.2, 0.25) is 0 Å². The highest BCUT2D eigenvalue weighted by atomic mass is 15.2. The molecule has 1 heteroatoms. The van der Waals surface area contributed by atoms with Crippen molar-refractivity contribution in [1.82, 2.24) is 4.90 Å². The van der Waals surface area contributed by atoms with Crippen LogP contribution in [0.5, 0.6) is 0 Å². The van der Waals surface area contributed by atoms with Crippen molar-refractivity contribution >= 4 is 0 Å². The number of rotatable bonds is 5. The molecule has 1 aliphatic heterocycles. The Kier molecular flexibility index (Phi) is 4.94. The molecule has 0 spiro atoms. The average Bonchev–Trinajstić information content (AvgIpc) is 2.63. The lowest BCUT2D eigenvalue weighted by atomic mass is 9.95. The van der Waals surface area contributed by atoms with Crippen molar-refractivity contribution in [2.24, 2.45) is 11.8 Å². The SMILES string of the molecule is CCCC(CC)N1CCC(C(C)C)C1. The zero-order valence-electron chi connectivity index (χ0n) is 10.4. The number of hydrogen-bond acceptors (Lipinski definition) is 1. The molecule has 0 saturated carbocycles. The lowest BCUT2D eigenvalue weighted by Crippen LogP contribution is -2.33. The van der Waals surface area contributed by atoms with E-state index < -0.39 is 0 Å². The Hall–Kier alpha value is -0.0400. The van der Waals surface area contributed by atoms with E-state index >= 15 is 0 Å². The normalized spacial score (nSPS) is 25.9. The first-order chi connectivity index (χ1) is 6.69. The van der Waals surface area contributed by atoms with Gasteiger partial charge in [-0.3, -0.25) is 0 Å². The summed E-state index contributed by atoms with van der Waals surface area (Å²) in [5.74, 6) is 1.83. The molecule has 14 heavy (non-hydrogen) atoms. The minimum atomic E-state index is 0.865. The van der Waals surface area contributed by atoms with Crippen LogP contribution in [0.3, 0.4) is 0 Å². The summed E-state index contributed by atoms with van der Waals surface area (Å²) in [4.78, 5) is 2.73. The summed E-state index contributed by atoms with van der Waals surface area (Å²) in [6.45, 7) is 12.1. The molecule has 0 bridgehead atoms. The van der Waals surface area contributed by atoms with Gasteiger partial charge in [0.1, 0.15) is 0 Å². The lowest BCUT2D eigenvalue weighted by Gasteiger charge is -2.27. The molecule has 0 radical (unpaired) electrons. The predicted molar refractivity (Wildman–Crippen MR) is 63.5 cm³/mol. The van der Waals surface area contributed by atoms with E-state index in [1.807, 2.05) is 0 Å². The third kappa shape index (κ3) is 2.98. The van der Waals surface area contributed by atoms with Crippen LogP contribution in [0.15, 0.2) is 0 Å². The fourth-order valence-corrected chi connectivity index (χ4v) is 2.67. The van der Waals surface area contributed by atoms with Crippen LogP contribution in [-0.2, 0) is 0 Å². The van der Waals surface area contributed by atoms with Gasteiger partial charge in [0, 0.05) is 12.6 Å². The summed E-state index contributed by atoms with van der Waals surface area (Å²) >= 11 is 0. The van der Waals surface area contributed by atoms with Crippen LogP contribution < -0.4 is 0 Å². The molecule has 1 saturated heterocycles. The molecule has 0 aromatic carbocycles. The van der Waals surface area contributed by atoms with Crippen LogP contribution in [0.4, 0.5) is 0 Å². The van der Waals surface area contributed by atoms with Gasteiger partial charge in [-0.25, -0.2) is 0 Å². The Morgan fingerprint density at radius 2 is 2.00 bits per heavy atom. The highest BCUT2D eigenvalue weighted by Crippen LogP contribution is 2.27. The topological polar surface area (TPSA) is 3.24 Å². The molecule has 1 rings (SSSR count). The second kappa shape index (κ2) is 5.75. The van der Waals surface area contributed by atoms with Gasteiger partial charge in [0.2, 0.25) is 0 Å². The standard InChI is InChI=1S/C13H27N/c1-5-7-13(6-2)14-9-8-12(10-14)11(3)4/h11-13H,5-10H2,1-4H3. The zero-order valence-corrected chi connectivity index (χ0v) is 10.4. The first-order valence-electron chi connectivity index (χ1n) is 6.43. The van der Waals surface area contributed by atoms with Crippen LogP contribution in [0, 0.1) is 11.8 Å². The molecule has 84 valence electrons. The van der Waals surface area contributed by atoms with Gasteiger partial charge in [-0.2, -0.15) is 0 Å². The van der Waals surface area contributed by atoms with Crippen molar-refractivity contribution < 1.29 is 0 Å². The summed E-state index contributed by atoms with van der Waals surface area (Å²) < 4.78 is 0. The highest BCUT2D eigenvalue weighted by molar-refractivity contribution is 4.82. The van der Waals surface area contributed by atoms with Crippen LogP contribution in [0.25, 0.3) is 0 Å². The third-order valence-corrected chi connectivity index (χ3v) is 3.81. The van der Waals surface area contributed by atoms with Crippen molar-refractivity contribution in [2.75, 3.05) is 13.1 Å². The van der Waals surface area contributed by atoms with Gasteiger partial charge in [0.15, 0.2) is 0 Å². The third-order valence-electron chi connectivity index (χ3n) is 3.81. The smallest absolute Gasteiger partial charge is 0.00926 e. The Morgan fingerprint density at radius 3 is 2.43 bits per heavy atom. The van der Waals surface area contributed by atoms with E-state index in [4.69, 9.17) is 0 Å². The Morgan fingerprint density at radius 1 is 1.29 bits per heavy atom. The minimum absolute atomic E-state index is 0.865. The maximum atomic E-state index is 2.73. The Bertz CT molecular complexity index is 153. The van der Waals surface area contributed by atoms with Crippen LogP contribution >= 0.6 is 0 Å². The van der Waals surface area contributed by atoms with E-state index in [0.29, 0.717) is 0 Å². The number of likely N-dealkylation sites (tertiary alicyclic amines) is 1. The largest absolute Gasteiger partial charge is 0.300 e. The fraction of sp³-hybridized carbons (Fsp3) is 1.00. The molecule has 0 N–H and O–H groups in total. The predicted octanol–water partition coefficient (Wildman–Crippen LogP) is 3.54. The van der Waals surface area contributed by atoms with Gasteiger partial charge < -0.3 is 4.90 Å². The molecule has 2 unspecified atom stereocenters. The summed E-state index contributed by atoms with van der Waals surface area (Å²) in [6, 6.07) is 0.865. The van der Waals surface area contributed by atoms with Crippen LogP contribution in [-0.4, -0.2) is 24.0 Å². The van der Waals surface area contributed by atoms with Crippen molar-refractivity contribution in [3.8, 4) is 0 Å². The second-order valence-electron chi connectivity index (χ2n) is 5.14. The van der Waals surface area contributed by atoms with E-state index in [1.54, 1.807) is 0 Å². The van der Waals surface area contributed by atoms with Gasteiger partial charge in [0.05, 0.1) is 0 Å². The van der Waals surface area contributed by atoms with Crippen molar-refractivity contribution in [3.05, 3.63) is 0 Å². The number of nitrogens with zero attached hydrogens (tertiary/aromatic N) is 1. The van der Waals surface area contributed by atoms with Crippen LogP contribution in [0.1, 0.15) is 53.4 Å². The molecular formula is C13H27N. The molecule has 2 atom stereocenters. The zero-order chi connectivity index (χ0) is 10.6. The van der Waals surface area contributed by atoms with Gasteiger partial charge in [-0.15, -0.1) is 0 Å². The molecule has 0 amide bonds. The Labute approximate surface area is 89.9 Å². The van der Waals surface area contributed by atoms with Crippen molar-refractivity contribution in [1.29, 1.82) is 0 Å². The van der Waals surface area contributed by atoms with Gasteiger partial charge in [-0.1, -0.05) is 34.1 Å². The first kappa shape index (κ1) is 12.0. The van der Waals surface area contributed by atoms with E-state index in [9.17, 15) is 0 Å². The first-order valence-corrected chi connectivity index (χ1v) is 6.43. The van der Waals surface area contributed by atoms with Gasteiger partial charge >= 0.3 is 0 Å². The molecule has 1 heterocycles. The molecular weight excluding hydrogens is 170 g/mol. The van der Waals surface area contributed by atoms with Crippen molar-refractivity contribution in [3.63, 3.8) is 0 Å². The van der Waals surface area contributed by atoms with E-state index in [-0.39, 0.29) is 0 Å². The van der Waals surface area contributed by atoms with Gasteiger partial charge in [-0.05, 0) is 37.6 Å². The molecule has 0 aromatic heterocycles. The Balaban J connectivity index is 2.39. The molecule has 1 nitrogen and oxygen atoms in total. The average molecular weight is 197 g/mol. The summed E-state index contributed by atoms with van der Waals surface area (Å²) in [5, 5.41) is 0.